The molecule has 0 saturated carbocycles. The van der Waals surface area contributed by atoms with E-state index in [0.717, 1.165) is 12.8 Å². The van der Waals surface area contributed by atoms with E-state index in [1.165, 1.54) is 0 Å². The molecule has 4 heteroatoms. The van der Waals surface area contributed by atoms with Crippen LogP contribution in [0.15, 0.2) is 24.3 Å². The van der Waals surface area contributed by atoms with Gasteiger partial charge in [-0.25, -0.2) is 0 Å². The number of carbonyl (C=O) groups is 1. The van der Waals surface area contributed by atoms with Crippen molar-refractivity contribution in [3.8, 4) is 5.75 Å². The Morgan fingerprint density at radius 1 is 1.27 bits per heavy atom. The number of ether oxygens (including phenoxy) is 3. The summed E-state index contributed by atoms with van der Waals surface area (Å²) in [5.74, 6) is 0.780. The Balaban J connectivity index is 1.79. The third kappa shape index (κ3) is 4.82. The Hall–Kier alpha value is -1.39. The number of hydrogen-bond donors (Lipinski definition) is 0. The van der Waals surface area contributed by atoms with Gasteiger partial charge in [0, 0.05) is 11.8 Å². The number of benzene rings is 1. The summed E-state index contributed by atoms with van der Waals surface area (Å²) in [6, 6.07) is 7.41. The van der Waals surface area contributed by atoms with Crippen LogP contribution in [0.5, 0.6) is 5.75 Å². The lowest BCUT2D eigenvalue weighted by molar-refractivity contribution is -0.223. The predicted molar refractivity (Wildman–Crippen MR) is 85.3 cm³/mol. The quantitative estimate of drug-likeness (QED) is 0.718. The van der Waals surface area contributed by atoms with E-state index < -0.39 is 0 Å². The van der Waals surface area contributed by atoms with Crippen molar-refractivity contribution >= 4 is 5.78 Å². The zero-order valence-corrected chi connectivity index (χ0v) is 13.8. The fourth-order valence-electron chi connectivity index (χ4n) is 2.44. The summed E-state index contributed by atoms with van der Waals surface area (Å²) in [4.78, 5) is 12.3. The molecule has 1 aliphatic heterocycles. The van der Waals surface area contributed by atoms with Crippen molar-refractivity contribution in [1.29, 1.82) is 0 Å². The van der Waals surface area contributed by atoms with Crippen molar-refractivity contribution in [3.05, 3.63) is 29.8 Å². The van der Waals surface area contributed by atoms with E-state index in [0.29, 0.717) is 37.6 Å². The molecule has 1 aromatic carbocycles. The summed E-state index contributed by atoms with van der Waals surface area (Å²) in [5.41, 5.74) is 0.749. The molecule has 1 aliphatic rings. The van der Waals surface area contributed by atoms with Crippen LogP contribution in [0.1, 0.15) is 50.4 Å². The van der Waals surface area contributed by atoms with Gasteiger partial charge in [-0.2, -0.15) is 0 Å². The Kier molecular flexibility index (Phi) is 5.98. The summed E-state index contributed by atoms with van der Waals surface area (Å²) in [7, 11) is 0. The van der Waals surface area contributed by atoms with E-state index in [1.807, 2.05) is 31.2 Å². The fourth-order valence-corrected chi connectivity index (χ4v) is 2.44. The maximum absolute atomic E-state index is 12.3. The molecule has 0 spiro atoms. The Labute approximate surface area is 132 Å². The molecule has 1 aromatic rings. The summed E-state index contributed by atoms with van der Waals surface area (Å²) in [6.07, 6.45) is 1.81. The minimum atomic E-state index is -0.178. The van der Waals surface area contributed by atoms with Crippen molar-refractivity contribution < 1.29 is 19.0 Å². The molecule has 0 aromatic heterocycles. The molecule has 0 bridgehead atoms. The lowest BCUT2D eigenvalue weighted by Crippen LogP contribution is -2.37. The van der Waals surface area contributed by atoms with E-state index in [2.05, 4.69) is 13.8 Å². The van der Waals surface area contributed by atoms with Crippen molar-refractivity contribution in [1.82, 2.24) is 0 Å². The first-order valence-corrected chi connectivity index (χ1v) is 8.00. The number of Topliss-reactive ketones (excluding diaryl/α,β-unsaturated/α-hetero) is 1. The minimum Gasteiger partial charge on any atom is -0.493 e. The molecule has 0 radical (unpaired) electrons. The first-order chi connectivity index (χ1) is 10.5. The Bertz CT molecular complexity index is 486. The number of hydrogen-bond acceptors (Lipinski definition) is 4. The predicted octanol–water partition coefficient (Wildman–Crippen LogP) is 3.84. The normalized spacial score (nSPS) is 18.1. The van der Waals surface area contributed by atoms with Crippen molar-refractivity contribution in [2.24, 2.45) is 5.41 Å². The van der Waals surface area contributed by atoms with Gasteiger partial charge in [0.25, 0.3) is 0 Å². The lowest BCUT2D eigenvalue weighted by atomic mass is 9.95. The molecule has 122 valence electrons. The molecule has 4 nitrogen and oxygen atoms in total. The molecule has 0 unspecified atom stereocenters. The van der Waals surface area contributed by atoms with E-state index >= 15 is 0 Å². The van der Waals surface area contributed by atoms with Crippen LogP contribution in [-0.4, -0.2) is 31.9 Å². The van der Waals surface area contributed by atoms with Gasteiger partial charge in [-0.05, 0) is 31.9 Å². The first-order valence-electron chi connectivity index (χ1n) is 8.00. The van der Waals surface area contributed by atoms with Crippen LogP contribution in [0.3, 0.4) is 0 Å². The topological polar surface area (TPSA) is 44.8 Å². The van der Waals surface area contributed by atoms with Gasteiger partial charge in [0.2, 0.25) is 0 Å². The van der Waals surface area contributed by atoms with Gasteiger partial charge < -0.3 is 14.2 Å². The smallest absolute Gasteiger partial charge is 0.166 e. The van der Waals surface area contributed by atoms with Crippen LogP contribution in [0.4, 0.5) is 0 Å². The van der Waals surface area contributed by atoms with E-state index in [1.54, 1.807) is 0 Å². The molecular weight excluding hydrogens is 280 g/mol. The standard InChI is InChI=1S/C18H26O4/c1-4-20-16-10-6-5-8-14(16)15(19)9-7-11-17-21-12-18(2,3)13-22-17/h5-6,8,10,17H,4,7,9,11-13H2,1-3H3. The summed E-state index contributed by atoms with van der Waals surface area (Å²) in [5, 5.41) is 0. The number of rotatable bonds is 7. The largest absolute Gasteiger partial charge is 0.493 e. The van der Waals surface area contributed by atoms with Gasteiger partial charge in [-0.15, -0.1) is 0 Å². The third-order valence-corrected chi connectivity index (χ3v) is 3.65. The van der Waals surface area contributed by atoms with Crippen LogP contribution in [0, 0.1) is 5.41 Å². The minimum absolute atomic E-state index is 0.0861. The van der Waals surface area contributed by atoms with Gasteiger partial charge in [-0.3, -0.25) is 4.79 Å². The van der Waals surface area contributed by atoms with Crippen LogP contribution in [-0.2, 0) is 9.47 Å². The summed E-state index contributed by atoms with van der Waals surface area (Å²) >= 11 is 0. The van der Waals surface area contributed by atoms with Gasteiger partial charge >= 0.3 is 0 Å². The fraction of sp³-hybridized carbons (Fsp3) is 0.611. The van der Waals surface area contributed by atoms with Gasteiger partial charge in [0.15, 0.2) is 12.1 Å². The monoisotopic (exact) mass is 306 g/mol. The van der Waals surface area contributed by atoms with E-state index in [-0.39, 0.29) is 17.5 Å². The van der Waals surface area contributed by atoms with Crippen molar-refractivity contribution in [2.75, 3.05) is 19.8 Å². The SMILES string of the molecule is CCOc1ccccc1C(=O)CCCC1OCC(C)(C)CO1. The number of carbonyl (C=O) groups excluding carboxylic acids is 1. The summed E-state index contributed by atoms with van der Waals surface area (Å²) < 4.78 is 16.9. The van der Waals surface area contributed by atoms with Crippen molar-refractivity contribution in [2.45, 2.75) is 46.3 Å². The van der Waals surface area contributed by atoms with Gasteiger partial charge in [-0.1, -0.05) is 26.0 Å². The highest BCUT2D eigenvalue weighted by molar-refractivity contribution is 5.98. The highest BCUT2D eigenvalue weighted by atomic mass is 16.7. The molecule has 1 fully saturated rings. The molecule has 0 amide bonds. The maximum Gasteiger partial charge on any atom is 0.166 e. The van der Waals surface area contributed by atoms with E-state index in [4.69, 9.17) is 14.2 Å². The van der Waals surface area contributed by atoms with E-state index in [9.17, 15) is 4.79 Å². The van der Waals surface area contributed by atoms with Crippen LogP contribution >= 0.6 is 0 Å². The second-order valence-corrected chi connectivity index (χ2v) is 6.46. The zero-order chi connectivity index (χ0) is 16.0. The second kappa shape index (κ2) is 7.75. The molecule has 22 heavy (non-hydrogen) atoms. The molecule has 2 rings (SSSR count). The zero-order valence-electron chi connectivity index (χ0n) is 13.8. The third-order valence-electron chi connectivity index (χ3n) is 3.65. The molecular formula is C18H26O4. The number of ketones is 1. The first kappa shape index (κ1) is 17.0. The highest BCUT2D eigenvalue weighted by Gasteiger charge is 2.28. The number of para-hydroxylation sites is 1. The average molecular weight is 306 g/mol. The lowest BCUT2D eigenvalue weighted by Gasteiger charge is -2.34. The molecule has 1 saturated heterocycles. The second-order valence-electron chi connectivity index (χ2n) is 6.46. The molecule has 0 N–H and O–H groups in total. The van der Waals surface area contributed by atoms with Gasteiger partial charge in [0.05, 0.1) is 25.4 Å². The maximum atomic E-state index is 12.3. The van der Waals surface area contributed by atoms with Crippen LogP contribution < -0.4 is 4.74 Å². The molecule has 0 atom stereocenters. The van der Waals surface area contributed by atoms with Crippen molar-refractivity contribution in [3.63, 3.8) is 0 Å². The average Bonchev–Trinajstić information content (AvgIpc) is 2.50. The van der Waals surface area contributed by atoms with Gasteiger partial charge in [0.1, 0.15) is 5.75 Å². The molecule has 0 aliphatic carbocycles. The Morgan fingerprint density at radius 3 is 2.64 bits per heavy atom. The Morgan fingerprint density at radius 2 is 1.95 bits per heavy atom. The molecule has 1 heterocycles. The summed E-state index contributed by atoms with van der Waals surface area (Å²) in [6.45, 7) is 8.14. The highest BCUT2D eigenvalue weighted by Crippen LogP contribution is 2.26. The van der Waals surface area contributed by atoms with Crippen LogP contribution in [0.25, 0.3) is 0 Å². The van der Waals surface area contributed by atoms with Crippen LogP contribution in [0.2, 0.25) is 0 Å².